The van der Waals surface area contributed by atoms with Crippen molar-refractivity contribution in [3.05, 3.63) is 127 Å². The minimum absolute atomic E-state index is 0. The van der Waals surface area contributed by atoms with E-state index in [9.17, 15) is 0 Å². The van der Waals surface area contributed by atoms with Crippen molar-refractivity contribution in [1.29, 1.82) is 0 Å². The quantitative estimate of drug-likeness (QED) is 0.132. The van der Waals surface area contributed by atoms with E-state index in [0.29, 0.717) is 16.8 Å². The normalized spacial score (nSPS) is 14.2. The molecule has 6 heteroatoms. The number of aromatic nitrogens is 2. The van der Waals surface area contributed by atoms with Crippen molar-refractivity contribution in [3.8, 4) is 33.6 Å². The first kappa shape index (κ1) is 28.6. The van der Waals surface area contributed by atoms with Gasteiger partial charge in [0.1, 0.15) is 0 Å². The van der Waals surface area contributed by atoms with E-state index >= 15 is 0 Å². The van der Waals surface area contributed by atoms with E-state index < -0.39 is 28.2 Å². The molecular formula is C40H36GeIrN2OSi-2. The predicted molar refractivity (Wildman–Crippen MR) is 194 cm³/mol. The number of rotatable bonds is 3. The molecule has 1 radical (unpaired) electrons. The van der Waals surface area contributed by atoms with E-state index in [1.807, 2.05) is 36.5 Å². The maximum atomic E-state index is 7.75. The molecule has 46 heavy (non-hydrogen) atoms. The first-order valence-electron chi connectivity index (χ1n) is 16.7. The van der Waals surface area contributed by atoms with Crippen molar-refractivity contribution in [1.82, 2.24) is 9.97 Å². The van der Waals surface area contributed by atoms with Gasteiger partial charge in [0.15, 0.2) is 0 Å². The zero-order chi connectivity index (χ0) is 33.8. The van der Waals surface area contributed by atoms with E-state index in [2.05, 4.69) is 108 Å². The second-order valence-electron chi connectivity index (χ2n) is 13.1. The van der Waals surface area contributed by atoms with Crippen molar-refractivity contribution in [3.63, 3.8) is 0 Å². The van der Waals surface area contributed by atoms with Gasteiger partial charge in [0.05, 0.1) is 8.07 Å². The molecule has 0 N–H and O–H groups in total. The summed E-state index contributed by atoms with van der Waals surface area (Å²) in [4.78, 5) is 8.97. The summed E-state index contributed by atoms with van der Waals surface area (Å²) in [6.45, 7) is 4.80. The molecule has 0 bridgehead atoms. The Morgan fingerprint density at radius 1 is 0.804 bits per heavy atom. The second-order valence-corrected chi connectivity index (χ2v) is 27.2. The molecule has 3 aromatic heterocycles. The fraction of sp³-hybridized carbons (Fsp3) is 0.150. The number of nitrogens with zero attached hydrogens (tertiary/aromatic N) is 2. The number of pyridine rings is 2. The molecule has 0 saturated carbocycles. The van der Waals surface area contributed by atoms with Crippen molar-refractivity contribution in [2.24, 2.45) is 0 Å². The van der Waals surface area contributed by atoms with Gasteiger partial charge < -0.3 is 4.98 Å². The minimum Gasteiger partial charge on any atom is 0 e. The SMILES string of the molecule is C[Si](C)(C)c1ccc(-c2[c-]cccc2)nc1.[2H]C([2H])([2H])c1ccnc(-c2[c-]ccc3c2oc2ccc4[c](c23)[Ge]([CH3])([CH3])[c]2ccccc2-4)c1.[Ir]. The zero-order valence-corrected chi connectivity index (χ0v) is 32.0. The van der Waals surface area contributed by atoms with Gasteiger partial charge in [-0.05, 0) is 10.9 Å². The molecule has 0 saturated heterocycles. The Morgan fingerprint density at radius 2 is 1.63 bits per heavy atom. The molecule has 3 nitrogen and oxygen atoms in total. The molecular weight excluding hydrogens is 817 g/mol. The molecule has 7 aromatic rings. The van der Waals surface area contributed by atoms with Crippen molar-refractivity contribution < 1.29 is 28.6 Å². The summed E-state index contributed by atoms with van der Waals surface area (Å²) >= 11 is -2.53. The van der Waals surface area contributed by atoms with Crippen LogP contribution in [-0.2, 0) is 20.1 Å². The average Bonchev–Trinajstić information content (AvgIpc) is 3.57. The Morgan fingerprint density at radius 3 is 2.37 bits per heavy atom. The topological polar surface area (TPSA) is 38.9 Å². The Bertz CT molecular complexity index is 2300. The maximum Gasteiger partial charge on any atom is 0 e. The Kier molecular flexibility index (Phi) is 7.79. The summed E-state index contributed by atoms with van der Waals surface area (Å²) in [6, 6.07) is 38.8. The van der Waals surface area contributed by atoms with Gasteiger partial charge in [-0.1, -0.05) is 31.8 Å². The molecule has 231 valence electrons. The molecule has 0 fully saturated rings. The molecule has 4 aromatic carbocycles. The van der Waals surface area contributed by atoms with E-state index in [4.69, 9.17) is 8.53 Å². The summed E-state index contributed by atoms with van der Waals surface area (Å²) in [5, 5.41) is 3.62. The smallest absolute Gasteiger partial charge is 0 e. The van der Waals surface area contributed by atoms with Crippen LogP contribution in [0.4, 0.5) is 0 Å². The number of furan rings is 1. The number of hydrogen-bond acceptors (Lipinski definition) is 3. The molecule has 1 aliphatic rings. The standard InChI is InChI=1S/C26H20GeNO.C14H16NSi.Ir/c1-16-13-14-28-22(15-16)19-8-6-9-20-24-23(29-26(19)20)12-11-18-17-7-4-5-10-21(17)27(2,3)25(18)24;1-16(2,3)13-9-10-14(15-11-13)12-7-5-4-6-8-12;/h4-7,9-15H,1-3H3;4-7,9-11H,1-3H3;/q2*-1;/i1D3;;. The number of fused-ring (bicyclic) bond motifs is 7. The molecule has 8 rings (SSSR count). The van der Waals surface area contributed by atoms with Crippen LogP contribution in [0.2, 0.25) is 31.2 Å². The molecule has 0 unspecified atom stereocenters. The summed E-state index contributed by atoms with van der Waals surface area (Å²) in [7, 11) is -1.23. The van der Waals surface area contributed by atoms with E-state index in [1.54, 1.807) is 12.3 Å². The van der Waals surface area contributed by atoms with Crippen LogP contribution in [0.5, 0.6) is 0 Å². The van der Waals surface area contributed by atoms with Crippen LogP contribution in [0.25, 0.3) is 55.6 Å². The summed E-state index contributed by atoms with van der Waals surface area (Å²) in [6.07, 6.45) is 3.56. The Labute approximate surface area is 293 Å². The van der Waals surface area contributed by atoms with Crippen molar-refractivity contribution in [2.75, 3.05) is 0 Å². The van der Waals surface area contributed by atoms with Gasteiger partial charge >= 0.3 is 177 Å². The second kappa shape index (κ2) is 12.5. The Balaban J connectivity index is 0.000000208. The van der Waals surface area contributed by atoms with E-state index in [-0.39, 0.29) is 25.7 Å². The number of benzene rings is 4. The maximum absolute atomic E-state index is 7.75. The van der Waals surface area contributed by atoms with Crippen LogP contribution in [0.1, 0.15) is 9.68 Å². The van der Waals surface area contributed by atoms with Crippen LogP contribution in [0.3, 0.4) is 0 Å². The van der Waals surface area contributed by atoms with Gasteiger partial charge in [0.2, 0.25) is 0 Å². The van der Waals surface area contributed by atoms with E-state index in [1.165, 1.54) is 36.6 Å². The number of aryl methyl sites for hydroxylation is 1. The summed E-state index contributed by atoms with van der Waals surface area (Å²) in [5.74, 6) is 4.89. The molecule has 0 atom stereocenters. The molecule has 4 heterocycles. The molecule has 0 spiro atoms. The van der Waals surface area contributed by atoms with Crippen molar-refractivity contribution >= 4 is 57.3 Å². The van der Waals surface area contributed by atoms with Crippen LogP contribution in [0.15, 0.2) is 114 Å². The first-order chi connectivity index (χ1) is 22.8. The van der Waals surface area contributed by atoms with Gasteiger partial charge in [-0.15, -0.1) is 35.9 Å². The fourth-order valence-electron chi connectivity index (χ4n) is 6.41. The minimum atomic E-state index is -2.53. The third-order valence-corrected chi connectivity index (χ3v) is 18.2. The third kappa shape index (κ3) is 5.75. The largest absolute Gasteiger partial charge is 0 e. The molecule has 0 amide bonds. The van der Waals surface area contributed by atoms with Gasteiger partial charge in [0.25, 0.3) is 0 Å². The average molecular weight is 857 g/mol. The van der Waals surface area contributed by atoms with Gasteiger partial charge in [-0.2, -0.15) is 0 Å². The van der Waals surface area contributed by atoms with Crippen LogP contribution >= 0.6 is 0 Å². The van der Waals surface area contributed by atoms with Gasteiger partial charge in [-0.3, -0.25) is 0 Å². The summed E-state index contributed by atoms with van der Waals surface area (Å²) < 4.78 is 32.6. The van der Waals surface area contributed by atoms with Crippen molar-refractivity contribution in [2.45, 2.75) is 38.0 Å². The van der Waals surface area contributed by atoms with Gasteiger partial charge in [0, 0.05) is 26.3 Å². The zero-order valence-electron chi connectivity index (χ0n) is 29.5. The molecule has 1 aliphatic heterocycles. The van der Waals surface area contributed by atoms with Crippen LogP contribution in [-0.4, -0.2) is 31.3 Å². The predicted octanol–water partition coefficient (Wildman–Crippen LogP) is 8.65. The fourth-order valence-corrected chi connectivity index (χ4v) is 14.7. The summed E-state index contributed by atoms with van der Waals surface area (Å²) in [5.41, 5.74) is 7.81. The monoisotopic (exact) mass is 858 g/mol. The number of hydrogen-bond donors (Lipinski definition) is 0. The van der Waals surface area contributed by atoms with Crippen LogP contribution < -0.4 is 14.0 Å². The van der Waals surface area contributed by atoms with Gasteiger partial charge in [-0.25, -0.2) is 0 Å². The third-order valence-electron chi connectivity index (χ3n) is 8.74. The van der Waals surface area contributed by atoms with Crippen LogP contribution in [0, 0.1) is 19.0 Å². The molecule has 0 aliphatic carbocycles. The van der Waals surface area contributed by atoms with E-state index in [0.717, 1.165) is 22.2 Å². The Hall–Kier alpha value is -3.61. The first-order valence-corrected chi connectivity index (χ1v) is 25.0.